The quantitative estimate of drug-likeness (QED) is 0.178. The van der Waals surface area contributed by atoms with Crippen molar-refractivity contribution >= 4 is 42.6 Å². The molecule has 234 valence electrons. The largest absolute Gasteiger partial charge is 0.488 e. The molecule has 2 aliphatic carbocycles. The fourth-order valence-corrected chi connectivity index (χ4v) is 7.94. The molecule has 8 rings (SSSR count). The Labute approximate surface area is 265 Å². The first kappa shape index (κ1) is 29.9. The van der Waals surface area contributed by atoms with Gasteiger partial charge in [0.25, 0.3) is 0 Å². The van der Waals surface area contributed by atoms with E-state index in [2.05, 4.69) is 32.7 Å². The number of halogens is 2. The summed E-state index contributed by atoms with van der Waals surface area (Å²) in [6.07, 6.45) is 8.47. The van der Waals surface area contributed by atoms with E-state index >= 15 is 0 Å². The van der Waals surface area contributed by atoms with Crippen molar-refractivity contribution in [3.05, 3.63) is 131 Å². The zero-order valence-corrected chi connectivity index (χ0v) is 26.1. The zero-order chi connectivity index (χ0) is 32.4. The number of hydrogen-bond acceptors (Lipinski definition) is 7. The van der Waals surface area contributed by atoms with Crippen LogP contribution in [0, 0.1) is 5.92 Å². The highest BCUT2D eigenvalue weighted by atomic mass is 32.3. The molecule has 1 heterocycles. The molecule has 0 amide bonds. The molecule has 2 unspecified atom stereocenters. The highest BCUT2D eigenvalue weighted by Crippen LogP contribution is 2.66. The van der Waals surface area contributed by atoms with Crippen molar-refractivity contribution in [2.24, 2.45) is 5.92 Å². The van der Waals surface area contributed by atoms with Crippen LogP contribution >= 0.6 is 0 Å². The van der Waals surface area contributed by atoms with Gasteiger partial charge in [-0.15, -0.1) is 0 Å². The summed E-state index contributed by atoms with van der Waals surface area (Å²) in [5.41, 5.74) is 3.34. The summed E-state index contributed by atoms with van der Waals surface area (Å²) < 4.78 is 87.1. The highest BCUT2D eigenvalue weighted by molar-refractivity contribution is 7.82. The molecule has 2 atom stereocenters. The van der Waals surface area contributed by atoms with Crippen LogP contribution in [-0.2, 0) is 26.4 Å². The minimum atomic E-state index is -5.22. The van der Waals surface area contributed by atoms with Gasteiger partial charge in [0, 0.05) is 33.7 Å². The van der Waals surface area contributed by atoms with Gasteiger partial charge in [-0.1, -0.05) is 94.5 Å². The number of fused-ring (bicyclic) bond motifs is 13. The van der Waals surface area contributed by atoms with Gasteiger partial charge in [0.05, 0.1) is 5.41 Å². The summed E-state index contributed by atoms with van der Waals surface area (Å²) in [6, 6.07) is 24.7. The van der Waals surface area contributed by atoms with E-state index < -0.39 is 26.4 Å². The second-order valence-electron chi connectivity index (χ2n) is 10.9. The second kappa shape index (κ2) is 10.7. The van der Waals surface area contributed by atoms with Crippen LogP contribution in [0.5, 0.6) is 23.0 Å². The Balaban J connectivity index is 0.00000166. The molecule has 46 heavy (non-hydrogen) atoms. The molecule has 5 aromatic rings. The lowest BCUT2D eigenvalue weighted by Crippen LogP contribution is -2.37. The molecule has 0 saturated heterocycles. The third kappa shape index (κ3) is 4.64. The molecule has 0 fully saturated rings. The number of ether oxygens (including phenoxy) is 1. The lowest BCUT2D eigenvalue weighted by atomic mass is 9.61. The molecule has 11 heteroatoms. The number of rotatable bonds is 4. The SMILES string of the molecule is CC.O=S(=O)(F)Oc1ccc2c3c(ccc2c1)C1(c2ccccc2C2C=CC=CC21)c1ccc2cc(OS(=O)(=O)F)ccc2c1O3. The molecule has 0 saturated carbocycles. The minimum Gasteiger partial charge on any atom is -0.455 e. The van der Waals surface area contributed by atoms with Crippen molar-refractivity contribution in [1.29, 1.82) is 0 Å². The van der Waals surface area contributed by atoms with E-state index in [1.165, 1.54) is 29.8 Å². The Morgan fingerprint density at radius 1 is 0.652 bits per heavy atom. The summed E-state index contributed by atoms with van der Waals surface area (Å²) in [6.45, 7) is 4.00. The third-order valence-electron chi connectivity index (χ3n) is 8.71. The highest BCUT2D eigenvalue weighted by Gasteiger charge is 2.57. The summed E-state index contributed by atoms with van der Waals surface area (Å²) in [4.78, 5) is 0. The van der Waals surface area contributed by atoms with E-state index in [4.69, 9.17) is 4.74 Å². The lowest BCUT2D eigenvalue weighted by Gasteiger charge is -2.43. The van der Waals surface area contributed by atoms with Gasteiger partial charge < -0.3 is 13.1 Å². The van der Waals surface area contributed by atoms with Crippen LogP contribution in [0.4, 0.5) is 7.77 Å². The Kier molecular flexibility index (Phi) is 6.95. The maximum atomic E-state index is 13.3. The molecule has 1 spiro atoms. The van der Waals surface area contributed by atoms with Crippen molar-refractivity contribution in [2.75, 3.05) is 0 Å². The maximum Gasteiger partial charge on any atom is 0.488 e. The second-order valence-corrected chi connectivity index (χ2v) is 12.8. The minimum absolute atomic E-state index is 0.0419. The topological polar surface area (TPSA) is 96.0 Å². The van der Waals surface area contributed by atoms with Gasteiger partial charge in [0.1, 0.15) is 23.0 Å². The molecule has 0 aromatic heterocycles. The van der Waals surface area contributed by atoms with Gasteiger partial charge in [0.15, 0.2) is 0 Å². The van der Waals surface area contributed by atoms with Gasteiger partial charge in [-0.2, -0.15) is 16.8 Å². The van der Waals surface area contributed by atoms with Crippen LogP contribution in [0.25, 0.3) is 21.5 Å². The monoisotopic (exact) mass is 660 g/mol. The molecule has 5 aromatic carbocycles. The molecule has 7 nitrogen and oxygen atoms in total. The van der Waals surface area contributed by atoms with Gasteiger partial charge in [0.2, 0.25) is 0 Å². The number of benzene rings is 5. The molecule has 0 bridgehead atoms. The Morgan fingerprint density at radius 3 is 1.72 bits per heavy atom. The van der Waals surface area contributed by atoms with Crippen molar-refractivity contribution < 1.29 is 37.7 Å². The van der Waals surface area contributed by atoms with Crippen molar-refractivity contribution in [1.82, 2.24) is 0 Å². The standard InChI is InChI=1S/C33H20F2O7S2.C2H6/c34-43(36,37)41-21-11-13-23-19(17-21)9-15-29-31(23)40-32-24-14-12-22(42-44(35,38)39)18-20(24)10-16-30(32)33(29)27-7-3-1-5-25(27)26-6-2-4-8-28(26)33;1-2/h1-18,25,27H;1-2H3. The van der Waals surface area contributed by atoms with Crippen LogP contribution in [0.15, 0.2) is 109 Å². The van der Waals surface area contributed by atoms with Crippen molar-refractivity contribution in [2.45, 2.75) is 25.2 Å². The first-order chi connectivity index (χ1) is 22.0. The zero-order valence-electron chi connectivity index (χ0n) is 24.5. The summed E-state index contributed by atoms with van der Waals surface area (Å²) in [5, 5.41) is 2.42. The van der Waals surface area contributed by atoms with Gasteiger partial charge in [-0.3, -0.25) is 0 Å². The smallest absolute Gasteiger partial charge is 0.455 e. The molecule has 0 N–H and O–H groups in total. The van der Waals surface area contributed by atoms with E-state index in [1.54, 1.807) is 12.1 Å². The molecular formula is C35H26F2O7S2. The van der Waals surface area contributed by atoms with Crippen LogP contribution in [-0.4, -0.2) is 16.8 Å². The van der Waals surface area contributed by atoms with Crippen LogP contribution < -0.4 is 13.1 Å². The van der Waals surface area contributed by atoms with E-state index in [0.29, 0.717) is 33.0 Å². The fourth-order valence-electron chi connectivity index (χ4n) is 7.27. The van der Waals surface area contributed by atoms with Gasteiger partial charge in [-0.25, -0.2) is 0 Å². The Bertz CT molecular complexity index is 2230. The van der Waals surface area contributed by atoms with Crippen LogP contribution in [0.1, 0.15) is 42.0 Å². The van der Waals surface area contributed by atoms with E-state index in [-0.39, 0.29) is 23.3 Å². The number of hydrogen-bond donors (Lipinski definition) is 0. The first-order valence-electron chi connectivity index (χ1n) is 14.6. The fraction of sp³-hybridized carbons (Fsp3) is 0.143. The average Bonchev–Trinajstić information content (AvgIpc) is 3.31. The lowest BCUT2D eigenvalue weighted by molar-refractivity contribution is 0.380. The summed E-state index contributed by atoms with van der Waals surface area (Å²) in [5.74, 6) is 0.721. The van der Waals surface area contributed by atoms with E-state index in [1.807, 2.05) is 62.4 Å². The Morgan fingerprint density at radius 2 is 1.17 bits per heavy atom. The molecule has 3 aliphatic rings. The van der Waals surface area contributed by atoms with Crippen LogP contribution in [0.2, 0.25) is 0 Å². The first-order valence-corrected chi connectivity index (χ1v) is 17.2. The summed E-state index contributed by atoms with van der Waals surface area (Å²) in [7, 11) is -10.4. The normalized spacial score (nSPS) is 18.5. The Hall–Kier alpha value is -4.74. The number of allylic oxidation sites excluding steroid dienone is 4. The molecule has 1 aliphatic heterocycles. The average molecular weight is 661 g/mol. The van der Waals surface area contributed by atoms with Crippen molar-refractivity contribution in [3.8, 4) is 23.0 Å². The van der Waals surface area contributed by atoms with Gasteiger partial charge in [-0.05, 0) is 58.3 Å². The predicted octanol–water partition coefficient (Wildman–Crippen LogP) is 8.48. The van der Waals surface area contributed by atoms with Crippen molar-refractivity contribution in [3.63, 3.8) is 0 Å². The predicted molar refractivity (Wildman–Crippen MR) is 171 cm³/mol. The maximum absolute atomic E-state index is 13.3. The van der Waals surface area contributed by atoms with E-state index in [9.17, 15) is 24.6 Å². The molecular weight excluding hydrogens is 635 g/mol. The van der Waals surface area contributed by atoms with Gasteiger partial charge >= 0.3 is 21.0 Å². The molecule has 0 radical (unpaired) electrons. The third-order valence-corrected chi connectivity index (χ3v) is 9.49. The van der Waals surface area contributed by atoms with Crippen LogP contribution in [0.3, 0.4) is 0 Å². The van der Waals surface area contributed by atoms with E-state index in [0.717, 1.165) is 16.7 Å². The summed E-state index contributed by atoms with van der Waals surface area (Å²) >= 11 is 0.